The molecule has 0 spiro atoms. The van der Waals surface area contributed by atoms with Crippen molar-refractivity contribution in [2.75, 3.05) is 31.1 Å². The first-order chi connectivity index (χ1) is 12.4. The van der Waals surface area contributed by atoms with Crippen LogP contribution in [0.5, 0.6) is 0 Å². The molecule has 1 N–H and O–H groups in total. The van der Waals surface area contributed by atoms with Crippen LogP contribution in [0.2, 0.25) is 5.02 Å². The maximum atomic E-state index is 5.54. The predicted octanol–water partition coefficient (Wildman–Crippen LogP) is 5.78. The van der Waals surface area contributed by atoms with Crippen molar-refractivity contribution in [1.82, 2.24) is 5.32 Å². The minimum Gasteiger partial charge on any atom is -0.372 e. The van der Waals surface area contributed by atoms with E-state index in [1.807, 2.05) is 30.3 Å². The highest BCUT2D eigenvalue weighted by molar-refractivity contribution is 6.30. The molecule has 0 aromatic heterocycles. The summed E-state index contributed by atoms with van der Waals surface area (Å²) >= 11 is 5.54. The van der Waals surface area contributed by atoms with Crippen LogP contribution in [-0.4, -0.2) is 26.2 Å². The molecule has 25 heavy (non-hydrogen) atoms. The van der Waals surface area contributed by atoms with E-state index in [0.717, 1.165) is 5.02 Å². The summed E-state index contributed by atoms with van der Waals surface area (Å²) in [5.41, 5.74) is 1.39. The van der Waals surface area contributed by atoms with E-state index in [0.29, 0.717) is 0 Å². The molecule has 0 bridgehead atoms. The molecule has 136 valence electrons. The summed E-state index contributed by atoms with van der Waals surface area (Å²) in [5.74, 6) is 0. The summed E-state index contributed by atoms with van der Waals surface area (Å²) in [7, 11) is 0. The van der Waals surface area contributed by atoms with E-state index in [9.17, 15) is 0 Å². The van der Waals surface area contributed by atoms with Crippen molar-refractivity contribution in [3.8, 4) is 0 Å². The maximum Gasteiger partial charge on any atom is 0.0405 e. The predicted molar refractivity (Wildman–Crippen MR) is 111 cm³/mol. The number of nitrogens with one attached hydrogen (secondary N) is 1. The average molecular weight is 359 g/mol. The first-order valence-electron chi connectivity index (χ1n) is 9.57. The molecule has 2 fully saturated rings. The van der Waals surface area contributed by atoms with Crippen molar-refractivity contribution < 1.29 is 0 Å². The molecular formula is C22H31ClN2. The van der Waals surface area contributed by atoms with E-state index in [1.165, 1.54) is 70.4 Å². The molecule has 2 aliphatic rings. The lowest BCUT2D eigenvalue weighted by Gasteiger charge is -2.28. The molecule has 2 aromatic rings. The number of hydrogen-bond acceptors (Lipinski definition) is 2. The van der Waals surface area contributed by atoms with Crippen LogP contribution in [0.25, 0.3) is 0 Å². The highest BCUT2D eigenvalue weighted by atomic mass is 35.5. The van der Waals surface area contributed by atoms with E-state index in [2.05, 4.69) is 40.5 Å². The highest BCUT2D eigenvalue weighted by Crippen LogP contribution is 2.18. The first kappa shape index (κ1) is 19.8. The summed E-state index contributed by atoms with van der Waals surface area (Å²) in [5, 5.41) is 4.08. The van der Waals surface area contributed by atoms with Gasteiger partial charge in [0.25, 0.3) is 0 Å². The molecule has 3 heteroatoms. The average Bonchev–Trinajstić information content (AvgIpc) is 2.72. The number of halogens is 1. The van der Waals surface area contributed by atoms with Gasteiger partial charge < -0.3 is 10.2 Å². The Bertz CT molecular complexity index is 523. The molecule has 0 amide bonds. The van der Waals surface area contributed by atoms with Crippen molar-refractivity contribution in [3.63, 3.8) is 0 Å². The van der Waals surface area contributed by atoms with Crippen LogP contribution in [-0.2, 0) is 0 Å². The van der Waals surface area contributed by atoms with Crippen LogP contribution in [0, 0.1) is 0 Å². The number of rotatable bonds is 1. The second kappa shape index (κ2) is 12.8. The third-order valence-corrected chi connectivity index (χ3v) is 4.67. The van der Waals surface area contributed by atoms with Gasteiger partial charge in [-0.25, -0.2) is 0 Å². The Kier molecular flexibility index (Phi) is 10.1. The number of benzene rings is 2. The van der Waals surface area contributed by atoms with Gasteiger partial charge >= 0.3 is 0 Å². The van der Waals surface area contributed by atoms with Gasteiger partial charge in [-0.2, -0.15) is 0 Å². The summed E-state index contributed by atoms with van der Waals surface area (Å²) in [6.45, 7) is 4.98. The molecule has 2 saturated heterocycles. The van der Waals surface area contributed by atoms with Gasteiger partial charge in [-0.05, 0) is 69.5 Å². The second-order valence-electron chi connectivity index (χ2n) is 6.49. The second-order valence-corrected chi connectivity index (χ2v) is 6.93. The molecule has 2 nitrogen and oxygen atoms in total. The molecule has 0 saturated carbocycles. The molecule has 2 aromatic carbocycles. The fourth-order valence-electron chi connectivity index (χ4n) is 3.01. The number of para-hydroxylation sites is 1. The van der Waals surface area contributed by atoms with E-state index in [-0.39, 0.29) is 0 Å². The summed E-state index contributed by atoms with van der Waals surface area (Å²) in [6, 6.07) is 20.2. The van der Waals surface area contributed by atoms with Crippen molar-refractivity contribution in [3.05, 3.63) is 65.7 Å². The molecular weight excluding hydrogens is 328 g/mol. The van der Waals surface area contributed by atoms with Gasteiger partial charge in [0, 0.05) is 23.8 Å². The Morgan fingerprint density at radius 1 is 0.640 bits per heavy atom. The number of piperidine rings is 2. The van der Waals surface area contributed by atoms with Crippen LogP contribution in [0.4, 0.5) is 5.69 Å². The molecule has 4 rings (SSSR count). The lowest BCUT2D eigenvalue weighted by Crippen LogP contribution is -2.29. The zero-order valence-corrected chi connectivity index (χ0v) is 15.9. The molecule has 0 aliphatic carbocycles. The van der Waals surface area contributed by atoms with Crippen LogP contribution in [0.3, 0.4) is 0 Å². The minimum absolute atomic E-state index is 0.794. The van der Waals surface area contributed by atoms with Gasteiger partial charge in [0.15, 0.2) is 0 Å². The largest absolute Gasteiger partial charge is 0.372 e. The summed E-state index contributed by atoms with van der Waals surface area (Å²) in [4.78, 5) is 2.48. The van der Waals surface area contributed by atoms with Gasteiger partial charge in [0.2, 0.25) is 0 Å². The third kappa shape index (κ3) is 8.94. The van der Waals surface area contributed by atoms with Crippen molar-refractivity contribution >= 4 is 17.3 Å². The zero-order valence-electron chi connectivity index (χ0n) is 15.2. The van der Waals surface area contributed by atoms with E-state index >= 15 is 0 Å². The summed E-state index contributed by atoms with van der Waals surface area (Å²) in [6.07, 6.45) is 8.33. The molecule has 0 radical (unpaired) electrons. The number of nitrogens with zero attached hydrogens (tertiary/aromatic N) is 1. The number of hydrogen-bond donors (Lipinski definition) is 1. The Morgan fingerprint density at radius 3 is 1.56 bits per heavy atom. The SMILES string of the molecule is C1CCNCC1.Clc1ccccc1.c1ccc(N2CCCCC2)cc1. The zero-order chi connectivity index (χ0) is 17.6. The smallest absolute Gasteiger partial charge is 0.0405 e. The van der Waals surface area contributed by atoms with Gasteiger partial charge in [-0.3, -0.25) is 0 Å². The lowest BCUT2D eigenvalue weighted by molar-refractivity contribution is 0.520. The Labute approximate surface area is 158 Å². The van der Waals surface area contributed by atoms with Gasteiger partial charge in [-0.15, -0.1) is 0 Å². The Balaban J connectivity index is 0.000000148. The van der Waals surface area contributed by atoms with Crippen LogP contribution in [0.15, 0.2) is 60.7 Å². The van der Waals surface area contributed by atoms with Crippen LogP contribution >= 0.6 is 11.6 Å². The van der Waals surface area contributed by atoms with Gasteiger partial charge in [0.1, 0.15) is 0 Å². The van der Waals surface area contributed by atoms with Crippen molar-refractivity contribution in [2.24, 2.45) is 0 Å². The first-order valence-corrected chi connectivity index (χ1v) is 9.95. The maximum absolute atomic E-state index is 5.54. The fourth-order valence-corrected chi connectivity index (χ4v) is 3.15. The number of anilines is 1. The topological polar surface area (TPSA) is 15.3 Å². The van der Waals surface area contributed by atoms with E-state index in [4.69, 9.17) is 11.6 Å². The third-order valence-electron chi connectivity index (χ3n) is 4.42. The molecule has 0 atom stereocenters. The van der Waals surface area contributed by atoms with Crippen LogP contribution in [0.1, 0.15) is 38.5 Å². The molecule has 2 aliphatic heterocycles. The van der Waals surface area contributed by atoms with Crippen molar-refractivity contribution in [1.29, 1.82) is 0 Å². The minimum atomic E-state index is 0.794. The monoisotopic (exact) mass is 358 g/mol. The molecule has 2 heterocycles. The highest BCUT2D eigenvalue weighted by Gasteiger charge is 2.09. The Hall–Kier alpha value is -1.51. The van der Waals surface area contributed by atoms with E-state index < -0.39 is 0 Å². The quantitative estimate of drug-likeness (QED) is 0.695. The van der Waals surface area contributed by atoms with Crippen LogP contribution < -0.4 is 10.2 Å². The summed E-state index contributed by atoms with van der Waals surface area (Å²) < 4.78 is 0. The van der Waals surface area contributed by atoms with Gasteiger partial charge in [-0.1, -0.05) is 54.4 Å². The van der Waals surface area contributed by atoms with E-state index in [1.54, 1.807) is 0 Å². The fraction of sp³-hybridized carbons (Fsp3) is 0.455. The standard InChI is InChI=1S/C11H15N.C6H5Cl.C5H11N/c1-3-7-11(8-4-1)12-9-5-2-6-10-12;7-6-4-2-1-3-5-6;1-2-4-6-5-3-1/h1,3-4,7-8H,2,5-6,9-10H2;1-5H;6H,1-5H2. The van der Waals surface area contributed by atoms with Crippen molar-refractivity contribution in [2.45, 2.75) is 38.5 Å². The normalized spacial score (nSPS) is 16.8. The lowest BCUT2D eigenvalue weighted by atomic mass is 10.1. The molecule has 0 unspecified atom stereocenters. The Morgan fingerprint density at radius 2 is 1.16 bits per heavy atom. The van der Waals surface area contributed by atoms with Gasteiger partial charge in [0.05, 0.1) is 0 Å².